The van der Waals surface area contributed by atoms with Crippen molar-refractivity contribution in [2.45, 2.75) is 25.2 Å². The van der Waals surface area contributed by atoms with Crippen molar-refractivity contribution < 1.29 is 18.7 Å². The number of carbonyl (C=O) groups is 2. The predicted octanol–water partition coefficient (Wildman–Crippen LogP) is 3.44. The number of nitrogens with one attached hydrogen (secondary N) is 1. The maximum absolute atomic E-state index is 12.3. The second kappa shape index (κ2) is 11.6. The Bertz CT molecular complexity index is 1080. The fourth-order valence-corrected chi connectivity index (χ4v) is 4.11. The Kier molecular flexibility index (Phi) is 8.03. The standard InChI is InChI=1S/C24H27N5O4S/c1-2-23(31)29-14-12-28(13-15-29)19-10-8-18(9-11-19)25-21(30)17-34-24-27-26-22(33-24)16-32-20-6-4-3-5-7-20/h3-11H,2,12-17H2,1H3,(H,25,30). The molecule has 10 heteroatoms. The van der Waals surface area contributed by atoms with E-state index >= 15 is 0 Å². The van der Waals surface area contributed by atoms with Crippen LogP contribution in [0, 0.1) is 0 Å². The number of hydrogen-bond donors (Lipinski definition) is 1. The normalized spacial score (nSPS) is 13.6. The van der Waals surface area contributed by atoms with Gasteiger partial charge in [-0.2, -0.15) is 0 Å². The summed E-state index contributed by atoms with van der Waals surface area (Å²) >= 11 is 1.17. The van der Waals surface area contributed by atoms with Crippen molar-refractivity contribution in [1.82, 2.24) is 15.1 Å². The molecular weight excluding hydrogens is 454 g/mol. The fourth-order valence-electron chi connectivity index (χ4n) is 3.53. The molecule has 0 radical (unpaired) electrons. The van der Waals surface area contributed by atoms with Gasteiger partial charge in [0.2, 0.25) is 11.8 Å². The number of hydrogen-bond acceptors (Lipinski definition) is 8. The van der Waals surface area contributed by atoms with Crippen LogP contribution >= 0.6 is 11.8 Å². The maximum atomic E-state index is 12.3. The lowest BCUT2D eigenvalue weighted by atomic mass is 10.2. The van der Waals surface area contributed by atoms with E-state index in [0.29, 0.717) is 23.3 Å². The van der Waals surface area contributed by atoms with Gasteiger partial charge in [0, 0.05) is 44.0 Å². The number of rotatable bonds is 9. The van der Waals surface area contributed by atoms with Crippen molar-refractivity contribution in [2.24, 2.45) is 0 Å². The van der Waals surface area contributed by atoms with E-state index in [-0.39, 0.29) is 24.2 Å². The summed E-state index contributed by atoms with van der Waals surface area (Å²) in [7, 11) is 0. The van der Waals surface area contributed by atoms with Crippen LogP contribution in [0.15, 0.2) is 64.2 Å². The molecule has 1 aromatic heterocycles. The van der Waals surface area contributed by atoms with Crippen molar-refractivity contribution >= 4 is 35.0 Å². The molecule has 4 rings (SSSR count). The number of ether oxygens (including phenoxy) is 1. The van der Waals surface area contributed by atoms with Gasteiger partial charge in [0.05, 0.1) is 5.75 Å². The Hall–Kier alpha value is -3.53. The number of amides is 2. The van der Waals surface area contributed by atoms with E-state index in [9.17, 15) is 9.59 Å². The molecule has 2 amide bonds. The summed E-state index contributed by atoms with van der Waals surface area (Å²) in [5.74, 6) is 1.25. The van der Waals surface area contributed by atoms with Crippen LogP contribution in [-0.2, 0) is 16.2 Å². The highest BCUT2D eigenvalue weighted by Crippen LogP contribution is 2.21. The number of benzene rings is 2. The highest BCUT2D eigenvalue weighted by atomic mass is 32.2. The molecule has 0 bridgehead atoms. The first-order valence-electron chi connectivity index (χ1n) is 11.2. The van der Waals surface area contributed by atoms with E-state index in [1.165, 1.54) is 11.8 Å². The lowest BCUT2D eigenvalue weighted by molar-refractivity contribution is -0.131. The molecule has 0 unspecified atom stereocenters. The smallest absolute Gasteiger partial charge is 0.277 e. The summed E-state index contributed by atoms with van der Waals surface area (Å²) in [4.78, 5) is 28.3. The third-order valence-electron chi connectivity index (χ3n) is 5.33. The first kappa shape index (κ1) is 23.6. The number of aromatic nitrogens is 2. The van der Waals surface area contributed by atoms with E-state index in [0.717, 1.165) is 37.6 Å². The van der Waals surface area contributed by atoms with Gasteiger partial charge in [0.1, 0.15) is 5.75 Å². The summed E-state index contributed by atoms with van der Waals surface area (Å²) in [5, 5.41) is 11.1. The van der Waals surface area contributed by atoms with E-state index in [1.54, 1.807) is 0 Å². The van der Waals surface area contributed by atoms with Crippen LogP contribution in [0.2, 0.25) is 0 Å². The minimum atomic E-state index is -0.162. The molecule has 178 valence electrons. The molecule has 3 aromatic rings. The zero-order valence-electron chi connectivity index (χ0n) is 19.0. The predicted molar refractivity (Wildman–Crippen MR) is 130 cm³/mol. The van der Waals surface area contributed by atoms with Gasteiger partial charge < -0.3 is 24.3 Å². The maximum Gasteiger partial charge on any atom is 0.277 e. The fraction of sp³-hybridized carbons (Fsp3) is 0.333. The zero-order chi connectivity index (χ0) is 23.8. The number of piperazine rings is 1. The largest absolute Gasteiger partial charge is 0.484 e. The van der Waals surface area contributed by atoms with Crippen molar-refractivity contribution in [3.8, 4) is 5.75 Å². The summed E-state index contributed by atoms with van der Waals surface area (Å²) in [6.07, 6.45) is 0.545. The zero-order valence-corrected chi connectivity index (χ0v) is 19.8. The number of thioether (sulfide) groups is 1. The number of anilines is 2. The van der Waals surface area contributed by atoms with Crippen LogP contribution in [0.5, 0.6) is 5.75 Å². The third-order valence-corrected chi connectivity index (χ3v) is 6.15. The molecule has 1 saturated heterocycles. The van der Waals surface area contributed by atoms with Gasteiger partial charge in [-0.05, 0) is 36.4 Å². The average Bonchev–Trinajstić information content (AvgIpc) is 3.35. The second-order valence-electron chi connectivity index (χ2n) is 7.67. The molecule has 1 aliphatic heterocycles. The van der Waals surface area contributed by atoms with Gasteiger partial charge in [-0.15, -0.1) is 10.2 Å². The van der Waals surface area contributed by atoms with Crippen LogP contribution in [0.25, 0.3) is 0 Å². The minimum Gasteiger partial charge on any atom is -0.484 e. The van der Waals surface area contributed by atoms with E-state index in [1.807, 2.05) is 66.4 Å². The quantitative estimate of drug-likeness (QED) is 0.464. The monoisotopic (exact) mass is 481 g/mol. The summed E-state index contributed by atoms with van der Waals surface area (Å²) in [5.41, 5.74) is 1.80. The average molecular weight is 482 g/mol. The Morgan fingerprint density at radius 3 is 2.47 bits per heavy atom. The Labute approximate surface area is 202 Å². The highest BCUT2D eigenvalue weighted by molar-refractivity contribution is 7.99. The minimum absolute atomic E-state index is 0.149. The molecule has 0 spiro atoms. The molecule has 0 atom stereocenters. The number of para-hydroxylation sites is 1. The Morgan fingerprint density at radius 2 is 1.76 bits per heavy atom. The Morgan fingerprint density at radius 1 is 1.03 bits per heavy atom. The third kappa shape index (κ3) is 6.50. The second-order valence-corrected chi connectivity index (χ2v) is 8.60. The van der Waals surface area contributed by atoms with E-state index < -0.39 is 0 Å². The molecule has 2 aromatic carbocycles. The van der Waals surface area contributed by atoms with Gasteiger partial charge in [-0.25, -0.2) is 0 Å². The topological polar surface area (TPSA) is 101 Å². The Balaban J connectivity index is 1.19. The van der Waals surface area contributed by atoms with Crippen molar-refractivity contribution in [1.29, 1.82) is 0 Å². The van der Waals surface area contributed by atoms with Crippen LogP contribution in [-0.4, -0.2) is 58.8 Å². The molecule has 34 heavy (non-hydrogen) atoms. The molecule has 1 aliphatic rings. The van der Waals surface area contributed by atoms with Gasteiger partial charge in [0.25, 0.3) is 11.1 Å². The highest BCUT2D eigenvalue weighted by Gasteiger charge is 2.20. The van der Waals surface area contributed by atoms with Crippen molar-refractivity contribution in [3.63, 3.8) is 0 Å². The molecular formula is C24H27N5O4S. The van der Waals surface area contributed by atoms with Gasteiger partial charge >= 0.3 is 0 Å². The summed E-state index contributed by atoms with van der Waals surface area (Å²) in [6.45, 7) is 5.13. The van der Waals surface area contributed by atoms with Crippen LogP contribution in [0.4, 0.5) is 11.4 Å². The lowest BCUT2D eigenvalue weighted by Gasteiger charge is -2.36. The summed E-state index contributed by atoms with van der Waals surface area (Å²) in [6, 6.07) is 17.1. The number of nitrogens with zero attached hydrogens (tertiary/aromatic N) is 4. The first-order chi connectivity index (χ1) is 16.6. The van der Waals surface area contributed by atoms with Crippen LogP contribution < -0.4 is 15.0 Å². The molecule has 2 heterocycles. The van der Waals surface area contributed by atoms with E-state index in [2.05, 4.69) is 20.4 Å². The molecule has 1 N–H and O–H groups in total. The van der Waals surface area contributed by atoms with Gasteiger partial charge in [-0.1, -0.05) is 36.9 Å². The first-order valence-corrected chi connectivity index (χ1v) is 12.1. The van der Waals surface area contributed by atoms with Crippen LogP contribution in [0.3, 0.4) is 0 Å². The van der Waals surface area contributed by atoms with Crippen molar-refractivity contribution in [2.75, 3.05) is 42.1 Å². The number of carbonyl (C=O) groups excluding carboxylic acids is 2. The van der Waals surface area contributed by atoms with E-state index in [4.69, 9.17) is 9.15 Å². The van der Waals surface area contributed by atoms with Crippen LogP contribution in [0.1, 0.15) is 19.2 Å². The molecule has 0 aliphatic carbocycles. The summed E-state index contributed by atoms with van der Waals surface area (Å²) < 4.78 is 11.1. The van der Waals surface area contributed by atoms with Crippen molar-refractivity contribution in [3.05, 3.63) is 60.5 Å². The molecule has 9 nitrogen and oxygen atoms in total. The molecule has 1 fully saturated rings. The SMILES string of the molecule is CCC(=O)N1CCN(c2ccc(NC(=O)CSc3nnc(COc4ccccc4)o3)cc2)CC1. The van der Waals surface area contributed by atoms with Gasteiger partial charge in [0.15, 0.2) is 6.61 Å². The van der Waals surface area contributed by atoms with Gasteiger partial charge in [-0.3, -0.25) is 9.59 Å². The molecule has 0 saturated carbocycles. The lowest BCUT2D eigenvalue weighted by Crippen LogP contribution is -2.48.